The summed E-state index contributed by atoms with van der Waals surface area (Å²) in [6.45, 7) is 6.48. The van der Waals surface area contributed by atoms with Gasteiger partial charge in [0.05, 0.1) is 0 Å². The third-order valence-electron chi connectivity index (χ3n) is 3.10. The zero-order valence-corrected chi connectivity index (χ0v) is 14.1. The van der Waals surface area contributed by atoms with E-state index in [-0.39, 0.29) is 0 Å². The third-order valence-corrected chi connectivity index (χ3v) is 3.35. The Morgan fingerprint density at radius 1 is 1.13 bits per heavy atom. The molecule has 0 saturated carbocycles. The smallest absolute Gasteiger partial charge is 0.408 e. The summed E-state index contributed by atoms with van der Waals surface area (Å²) in [5, 5.41) is 9.74. The molecular formula is C15H20ClN3O4. The predicted octanol–water partition coefficient (Wildman–Crippen LogP) is 2.27. The highest BCUT2D eigenvalue weighted by Gasteiger charge is 2.34. The maximum Gasteiger partial charge on any atom is 0.408 e. The first-order valence-electron chi connectivity index (χ1n) is 6.92. The van der Waals surface area contributed by atoms with E-state index < -0.39 is 29.5 Å². The number of hydrogen-bond donors (Lipinski definition) is 3. The Bertz CT molecular complexity index is 596. The number of benzene rings is 1. The molecule has 3 amide bonds. The average Bonchev–Trinajstić information content (AvgIpc) is 2.43. The number of carboxylic acid groups (broad SMARTS) is 1. The highest BCUT2D eigenvalue weighted by molar-refractivity contribution is 6.30. The molecule has 23 heavy (non-hydrogen) atoms. The van der Waals surface area contributed by atoms with Gasteiger partial charge in [0.15, 0.2) is 0 Å². The first kappa shape index (κ1) is 18.8. The summed E-state index contributed by atoms with van der Waals surface area (Å²) in [4.78, 5) is 36.3. The van der Waals surface area contributed by atoms with Crippen molar-refractivity contribution in [1.82, 2.24) is 15.8 Å². The molecule has 0 saturated heterocycles. The summed E-state index contributed by atoms with van der Waals surface area (Å²) in [6.07, 6.45) is -1.22. The molecule has 7 nitrogen and oxygen atoms in total. The number of rotatable bonds is 3. The lowest BCUT2D eigenvalue weighted by atomic mass is 10.0. The van der Waals surface area contributed by atoms with E-state index in [9.17, 15) is 19.5 Å². The fraction of sp³-hybridized carbons (Fsp3) is 0.400. The van der Waals surface area contributed by atoms with Crippen LogP contribution in [-0.2, 0) is 4.79 Å². The lowest BCUT2D eigenvalue weighted by molar-refractivity contribution is -0.127. The molecule has 0 aliphatic rings. The number of nitrogens with zero attached hydrogens (tertiary/aromatic N) is 1. The van der Waals surface area contributed by atoms with Crippen LogP contribution in [0.2, 0.25) is 5.02 Å². The van der Waals surface area contributed by atoms with Crippen molar-refractivity contribution in [1.29, 1.82) is 0 Å². The van der Waals surface area contributed by atoms with Crippen LogP contribution < -0.4 is 10.9 Å². The zero-order chi connectivity index (χ0) is 17.8. The molecule has 0 aliphatic heterocycles. The highest BCUT2D eigenvalue weighted by Crippen LogP contribution is 2.17. The van der Waals surface area contributed by atoms with Crippen LogP contribution in [0.15, 0.2) is 24.3 Å². The van der Waals surface area contributed by atoms with E-state index >= 15 is 0 Å². The summed E-state index contributed by atoms with van der Waals surface area (Å²) in [5.74, 6) is -1.16. The molecule has 0 fully saturated rings. The van der Waals surface area contributed by atoms with E-state index in [0.717, 1.165) is 4.90 Å². The molecule has 0 radical (unpaired) electrons. The number of nitrogens with one attached hydrogen (secondary N) is 2. The Morgan fingerprint density at radius 3 is 2.09 bits per heavy atom. The van der Waals surface area contributed by atoms with Crippen molar-refractivity contribution in [3.8, 4) is 0 Å². The van der Waals surface area contributed by atoms with Gasteiger partial charge in [-0.15, -0.1) is 0 Å². The van der Waals surface area contributed by atoms with Gasteiger partial charge < -0.3 is 5.11 Å². The number of halogens is 1. The predicted molar refractivity (Wildman–Crippen MR) is 86.1 cm³/mol. The molecule has 0 unspecified atom stereocenters. The van der Waals surface area contributed by atoms with Crippen molar-refractivity contribution in [3.63, 3.8) is 0 Å². The van der Waals surface area contributed by atoms with Crippen molar-refractivity contribution in [3.05, 3.63) is 34.9 Å². The molecule has 0 heterocycles. The van der Waals surface area contributed by atoms with E-state index in [0.29, 0.717) is 10.6 Å². The third kappa shape index (κ3) is 5.14. The molecule has 1 aromatic carbocycles. The fourth-order valence-corrected chi connectivity index (χ4v) is 2.17. The summed E-state index contributed by atoms with van der Waals surface area (Å²) in [6, 6.07) is 5.13. The van der Waals surface area contributed by atoms with Crippen molar-refractivity contribution < 1.29 is 19.5 Å². The quantitative estimate of drug-likeness (QED) is 0.734. The number of hydrogen-bond acceptors (Lipinski definition) is 3. The van der Waals surface area contributed by atoms with Crippen LogP contribution in [0.25, 0.3) is 0 Å². The fourth-order valence-electron chi connectivity index (χ4n) is 2.05. The zero-order valence-electron chi connectivity index (χ0n) is 13.4. The highest BCUT2D eigenvalue weighted by atomic mass is 35.5. The first-order chi connectivity index (χ1) is 10.5. The number of carbonyl (C=O) groups excluding carboxylic acids is 2. The van der Waals surface area contributed by atoms with Crippen LogP contribution in [-0.4, -0.2) is 39.5 Å². The number of carbonyl (C=O) groups is 3. The Balaban J connectivity index is 2.70. The molecule has 0 bridgehead atoms. The monoisotopic (exact) mass is 341 g/mol. The molecule has 0 spiro atoms. The Kier molecular flexibility index (Phi) is 5.98. The van der Waals surface area contributed by atoms with Gasteiger partial charge in [-0.2, -0.15) is 0 Å². The molecule has 3 N–H and O–H groups in total. The molecule has 1 rings (SSSR count). The second kappa shape index (κ2) is 7.32. The van der Waals surface area contributed by atoms with E-state index in [2.05, 4.69) is 10.9 Å². The van der Waals surface area contributed by atoms with Gasteiger partial charge in [0.2, 0.25) is 0 Å². The van der Waals surface area contributed by atoms with Crippen LogP contribution >= 0.6 is 11.6 Å². The van der Waals surface area contributed by atoms with Crippen LogP contribution in [0.5, 0.6) is 0 Å². The Labute approximate surface area is 139 Å². The SMILES string of the molecule is C[C@@H](C(=O)NNC(=O)c1ccc(Cl)cc1)N(C(=O)O)C(C)(C)C. The van der Waals surface area contributed by atoms with Gasteiger partial charge in [-0.1, -0.05) is 11.6 Å². The molecule has 1 aromatic rings. The Hall–Kier alpha value is -2.28. The molecule has 126 valence electrons. The minimum absolute atomic E-state index is 0.313. The van der Waals surface area contributed by atoms with Gasteiger partial charge in [-0.3, -0.25) is 25.3 Å². The second-order valence-electron chi connectivity index (χ2n) is 5.95. The van der Waals surface area contributed by atoms with Crippen LogP contribution in [0.3, 0.4) is 0 Å². The number of hydrazine groups is 1. The second-order valence-corrected chi connectivity index (χ2v) is 6.39. The maximum absolute atomic E-state index is 12.1. The molecule has 8 heteroatoms. The standard InChI is InChI=1S/C15H20ClN3O4/c1-9(19(14(22)23)15(2,3)4)12(20)17-18-13(21)10-5-7-11(16)8-6-10/h5-9H,1-4H3,(H,17,20)(H,18,21)(H,22,23)/t9-/m0/s1. The van der Waals surface area contributed by atoms with E-state index in [4.69, 9.17) is 11.6 Å². The van der Waals surface area contributed by atoms with Crippen molar-refractivity contribution in [2.45, 2.75) is 39.3 Å². The lowest BCUT2D eigenvalue weighted by Gasteiger charge is -2.37. The minimum Gasteiger partial charge on any atom is -0.465 e. The van der Waals surface area contributed by atoms with Crippen molar-refractivity contribution in [2.75, 3.05) is 0 Å². The largest absolute Gasteiger partial charge is 0.465 e. The van der Waals surface area contributed by atoms with Crippen molar-refractivity contribution in [2.24, 2.45) is 0 Å². The van der Waals surface area contributed by atoms with Crippen molar-refractivity contribution >= 4 is 29.5 Å². The number of amides is 3. The lowest BCUT2D eigenvalue weighted by Crippen LogP contribution is -2.57. The molecule has 0 aliphatic carbocycles. The molecular weight excluding hydrogens is 322 g/mol. The normalized spacial score (nSPS) is 12.2. The molecule has 0 aromatic heterocycles. The van der Waals surface area contributed by atoms with Crippen LogP contribution in [0, 0.1) is 0 Å². The van der Waals surface area contributed by atoms with Gasteiger partial charge in [0.25, 0.3) is 11.8 Å². The topological polar surface area (TPSA) is 98.7 Å². The van der Waals surface area contributed by atoms with Gasteiger partial charge in [-0.05, 0) is 52.0 Å². The van der Waals surface area contributed by atoms with Gasteiger partial charge in [-0.25, -0.2) is 4.79 Å². The summed E-state index contributed by atoms with van der Waals surface area (Å²) in [5.41, 5.74) is 4.02. The van der Waals surface area contributed by atoms with Gasteiger partial charge in [0.1, 0.15) is 6.04 Å². The summed E-state index contributed by atoms with van der Waals surface area (Å²) in [7, 11) is 0. The van der Waals surface area contributed by atoms with E-state index in [1.54, 1.807) is 32.9 Å². The summed E-state index contributed by atoms with van der Waals surface area (Å²) < 4.78 is 0. The van der Waals surface area contributed by atoms with E-state index in [1.165, 1.54) is 19.1 Å². The maximum atomic E-state index is 12.1. The van der Waals surface area contributed by atoms with Crippen LogP contribution in [0.4, 0.5) is 4.79 Å². The van der Waals surface area contributed by atoms with Gasteiger partial charge in [0, 0.05) is 16.1 Å². The van der Waals surface area contributed by atoms with Gasteiger partial charge >= 0.3 is 6.09 Å². The van der Waals surface area contributed by atoms with E-state index in [1.807, 2.05) is 0 Å². The summed E-state index contributed by atoms with van der Waals surface area (Å²) >= 11 is 5.73. The molecule has 1 atom stereocenters. The first-order valence-corrected chi connectivity index (χ1v) is 7.30. The Morgan fingerprint density at radius 2 is 1.65 bits per heavy atom. The average molecular weight is 342 g/mol. The minimum atomic E-state index is -1.22. The van der Waals surface area contributed by atoms with Crippen LogP contribution in [0.1, 0.15) is 38.1 Å².